The molecule has 0 aliphatic carbocycles. The molecule has 4 rings (SSSR count). The minimum atomic E-state index is -3.12. The second-order valence-corrected chi connectivity index (χ2v) is 10.6. The number of aromatic nitrogens is 2. The fraction of sp³-hybridized carbons (Fsp3) is 0.318. The van der Waals surface area contributed by atoms with E-state index >= 15 is 0 Å². The summed E-state index contributed by atoms with van der Waals surface area (Å²) in [7, 11) is -1.52. The van der Waals surface area contributed by atoms with Crippen LogP contribution in [0, 0.1) is 0 Å². The molecule has 1 fully saturated rings. The molecule has 8 nitrogen and oxygen atoms in total. The van der Waals surface area contributed by atoms with Gasteiger partial charge in [-0.25, -0.2) is 8.42 Å². The van der Waals surface area contributed by atoms with Gasteiger partial charge in [0, 0.05) is 18.2 Å². The van der Waals surface area contributed by atoms with Gasteiger partial charge < -0.3 is 14.1 Å². The second kappa shape index (κ2) is 9.74. The van der Waals surface area contributed by atoms with Crippen molar-refractivity contribution in [1.82, 2.24) is 15.1 Å². The number of methoxy groups -OCH3 is 1. The van der Waals surface area contributed by atoms with Gasteiger partial charge in [0.05, 0.1) is 24.4 Å². The Morgan fingerprint density at radius 1 is 1.16 bits per heavy atom. The van der Waals surface area contributed by atoms with Crippen LogP contribution in [0.5, 0.6) is 5.75 Å². The van der Waals surface area contributed by atoms with Crippen LogP contribution in [0.15, 0.2) is 64.2 Å². The maximum atomic E-state index is 13.1. The van der Waals surface area contributed by atoms with Crippen LogP contribution in [-0.2, 0) is 21.2 Å². The van der Waals surface area contributed by atoms with E-state index in [9.17, 15) is 13.2 Å². The van der Waals surface area contributed by atoms with E-state index in [1.807, 2.05) is 42.5 Å². The van der Waals surface area contributed by atoms with Gasteiger partial charge in [0.1, 0.15) is 5.75 Å². The van der Waals surface area contributed by atoms with Crippen molar-refractivity contribution in [1.29, 1.82) is 0 Å². The molecule has 2 heterocycles. The van der Waals surface area contributed by atoms with Gasteiger partial charge in [-0.15, -0.1) is 10.2 Å². The van der Waals surface area contributed by atoms with Crippen LogP contribution in [0.3, 0.4) is 0 Å². The molecule has 0 radical (unpaired) electrons. The van der Waals surface area contributed by atoms with E-state index in [1.54, 1.807) is 24.1 Å². The molecule has 2 aromatic carbocycles. The van der Waals surface area contributed by atoms with Crippen molar-refractivity contribution in [2.45, 2.75) is 24.2 Å². The zero-order valence-corrected chi connectivity index (χ0v) is 19.1. The molecule has 0 bridgehead atoms. The minimum Gasteiger partial charge on any atom is -0.497 e. The first-order valence-electron chi connectivity index (χ1n) is 10.1. The molecule has 1 amide bonds. The number of thioether (sulfide) groups is 1. The predicted molar refractivity (Wildman–Crippen MR) is 121 cm³/mol. The van der Waals surface area contributed by atoms with Gasteiger partial charge in [0.2, 0.25) is 11.8 Å². The molecular formula is C22H23N3O5S2. The Labute approximate surface area is 190 Å². The molecule has 0 spiro atoms. The highest BCUT2D eigenvalue weighted by Crippen LogP contribution is 2.26. The number of rotatable bonds is 8. The summed E-state index contributed by atoms with van der Waals surface area (Å²) in [6.07, 6.45) is 0.452. The molecular weight excluding hydrogens is 450 g/mol. The number of nitrogens with zero attached hydrogens (tertiary/aromatic N) is 3. The lowest BCUT2D eigenvalue weighted by Gasteiger charge is -2.28. The Morgan fingerprint density at radius 2 is 1.91 bits per heavy atom. The molecule has 1 saturated heterocycles. The van der Waals surface area contributed by atoms with Crippen LogP contribution in [0.25, 0.3) is 11.5 Å². The Morgan fingerprint density at radius 3 is 2.56 bits per heavy atom. The molecule has 0 N–H and O–H groups in total. The number of ether oxygens (including phenoxy) is 1. The van der Waals surface area contributed by atoms with E-state index in [2.05, 4.69) is 10.2 Å². The standard InChI is InChI=1S/C22H23N3O5S2/c1-29-19-9-7-17(8-10-19)21-23-24-22(30-21)31-14-20(26)25(13-16-5-3-2-4-6-16)18-11-12-32(27,28)15-18/h2-10,18H,11-15H2,1H3/t18-/m1/s1. The SMILES string of the molecule is COc1ccc(-c2nnc(SCC(=O)N(Cc3ccccc3)[C@@H]3CCS(=O)(=O)C3)o2)cc1. The lowest BCUT2D eigenvalue weighted by molar-refractivity contribution is -0.130. The molecule has 1 aliphatic rings. The van der Waals surface area contributed by atoms with Gasteiger partial charge in [-0.2, -0.15) is 0 Å². The van der Waals surface area contributed by atoms with Crippen LogP contribution in [-0.4, -0.2) is 59.8 Å². The third-order valence-corrected chi connectivity index (χ3v) is 7.78. The number of benzene rings is 2. The van der Waals surface area contributed by atoms with Gasteiger partial charge in [0.15, 0.2) is 9.84 Å². The molecule has 1 aromatic heterocycles. The quantitative estimate of drug-likeness (QED) is 0.460. The minimum absolute atomic E-state index is 0.00157. The van der Waals surface area contributed by atoms with E-state index < -0.39 is 9.84 Å². The fourth-order valence-corrected chi connectivity index (χ4v) is 5.93. The number of carbonyl (C=O) groups excluding carboxylic acids is 1. The van der Waals surface area contributed by atoms with Crippen LogP contribution in [0.1, 0.15) is 12.0 Å². The van der Waals surface area contributed by atoms with Gasteiger partial charge in [-0.1, -0.05) is 42.1 Å². The van der Waals surface area contributed by atoms with Gasteiger partial charge >= 0.3 is 0 Å². The van der Waals surface area contributed by atoms with Crippen molar-refractivity contribution >= 4 is 27.5 Å². The summed E-state index contributed by atoms with van der Waals surface area (Å²) < 4.78 is 34.8. The molecule has 32 heavy (non-hydrogen) atoms. The maximum Gasteiger partial charge on any atom is 0.277 e. The van der Waals surface area contributed by atoms with Crippen molar-refractivity contribution in [3.63, 3.8) is 0 Å². The predicted octanol–water partition coefficient (Wildman–Crippen LogP) is 3.05. The second-order valence-electron chi connectivity index (χ2n) is 7.45. The highest BCUT2D eigenvalue weighted by Gasteiger charge is 2.34. The average molecular weight is 474 g/mol. The number of sulfone groups is 1. The molecule has 1 atom stereocenters. The van der Waals surface area contributed by atoms with Crippen molar-refractivity contribution in [2.75, 3.05) is 24.4 Å². The molecule has 0 unspecified atom stereocenters. The van der Waals surface area contributed by atoms with Crippen LogP contribution >= 0.6 is 11.8 Å². The Bertz CT molecular complexity index is 1160. The zero-order chi connectivity index (χ0) is 22.6. The average Bonchev–Trinajstić information content (AvgIpc) is 3.43. The molecule has 1 aliphatic heterocycles. The highest BCUT2D eigenvalue weighted by molar-refractivity contribution is 7.99. The Balaban J connectivity index is 1.43. The summed E-state index contributed by atoms with van der Waals surface area (Å²) in [6, 6.07) is 16.5. The highest BCUT2D eigenvalue weighted by atomic mass is 32.2. The third kappa shape index (κ3) is 5.49. The lowest BCUT2D eigenvalue weighted by Crippen LogP contribution is -2.41. The van der Waals surface area contributed by atoms with Gasteiger partial charge in [-0.3, -0.25) is 4.79 Å². The fourth-order valence-electron chi connectivity index (χ4n) is 3.55. The smallest absolute Gasteiger partial charge is 0.277 e. The van der Waals surface area contributed by atoms with E-state index in [0.29, 0.717) is 18.9 Å². The van der Waals surface area contributed by atoms with Crippen molar-refractivity contribution in [3.05, 3.63) is 60.2 Å². The summed E-state index contributed by atoms with van der Waals surface area (Å²) in [5.41, 5.74) is 1.70. The number of carbonyl (C=O) groups is 1. The largest absolute Gasteiger partial charge is 0.497 e. The Kier molecular flexibility index (Phi) is 6.80. The molecule has 3 aromatic rings. The van der Waals surface area contributed by atoms with Crippen LogP contribution in [0.2, 0.25) is 0 Å². The molecule has 168 valence electrons. The van der Waals surface area contributed by atoms with Gasteiger partial charge in [-0.05, 0) is 36.2 Å². The van der Waals surface area contributed by atoms with Crippen molar-refractivity contribution in [3.8, 4) is 17.2 Å². The molecule has 0 saturated carbocycles. The lowest BCUT2D eigenvalue weighted by atomic mass is 10.1. The zero-order valence-electron chi connectivity index (χ0n) is 17.5. The van der Waals surface area contributed by atoms with E-state index in [1.165, 1.54) is 0 Å². The Hall–Kier alpha value is -2.85. The molecule has 10 heteroatoms. The van der Waals surface area contributed by atoms with Crippen LogP contribution in [0.4, 0.5) is 0 Å². The first-order valence-corrected chi connectivity index (χ1v) is 12.9. The van der Waals surface area contributed by atoms with E-state index in [0.717, 1.165) is 28.6 Å². The van der Waals surface area contributed by atoms with Gasteiger partial charge in [0.25, 0.3) is 5.22 Å². The topological polar surface area (TPSA) is 103 Å². The summed E-state index contributed by atoms with van der Waals surface area (Å²) >= 11 is 1.14. The maximum absolute atomic E-state index is 13.1. The number of hydrogen-bond donors (Lipinski definition) is 0. The summed E-state index contributed by atoms with van der Waals surface area (Å²) in [4.78, 5) is 14.7. The van der Waals surface area contributed by atoms with Crippen LogP contribution < -0.4 is 4.74 Å². The third-order valence-electron chi connectivity index (χ3n) is 5.23. The number of amides is 1. The number of hydrogen-bond acceptors (Lipinski definition) is 8. The first-order chi connectivity index (χ1) is 15.4. The van der Waals surface area contributed by atoms with E-state index in [4.69, 9.17) is 9.15 Å². The van der Waals surface area contributed by atoms with Crippen molar-refractivity contribution < 1.29 is 22.4 Å². The van der Waals surface area contributed by atoms with Crippen molar-refractivity contribution in [2.24, 2.45) is 0 Å². The summed E-state index contributed by atoms with van der Waals surface area (Å²) in [5.74, 6) is 1.10. The van der Waals surface area contributed by atoms with E-state index in [-0.39, 0.29) is 34.4 Å². The monoisotopic (exact) mass is 473 g/mol. The normalized spacial score (nSPS) is 17.2. The summed E-state index contributed by atoms with van der Waals surface area (Å²) in [6.45, 7) is 0.362. The first kappa shape index (κ1) is 22.3. The summed E-state index contributed by atoms with van der Waals surface area (Å²) in [5, 5.41) is 8.35.